The molecule has 0 spiro atoms. The molecule has 0 aliphatic carbocycles. The van der Waals surface area contributed by atoms with Crippen molar-refractivity contribution in [1.82, 2.24) is 9.62 Å². The summed E-state index contributed by atoms with van der Waals surface area (Å²) in [6.07, 6.45) is 2.02. The van der Waals surface area contributed by atoms with Gasteiger partial charge in [-0.3, -0.25) is 4.90 Å². The smallest absolute Gasteiger partial charge is 0.243 e. The van der Waals surface area contributed by atoms with Crippen LogP contribution in [0, 0.1) is 5.82 Å². The molecule has 3 N–H and O–H groups in total. The lowest BCUT2D eigenvalue weighted by Gasteiger charge is -2.22. The van der Waals surface area contributed by atoms with E-state index in [9.17, 15) is 12.8 Å². The van der Waals surface area contributed by atoms with Gasteiger partial charge in [0.1, 0.15) is 10.7 Å². The maximum absolute atomic E-state index is 13.6. The molecule has 1 aliphatic rings. The average molecular weight is 301 g/mol. The fourth-order valence-corrected chi connectivity index (χ4v) is 3.74. The Labute approximate surface area is 119 Å². The highest BCUT2D eigenvalue weighted by Gasteiger charge is 2.26. The van der Waals surface area contributed by atoms with Gasteiger partial charge in [0.2, 0.25) is 10.0 Å². The van der Waals surface area contributed by atoms with E-state index in [2.05, 4.69) is 9.62 Å². The number of hydrogen-bond donors (Lipinski definition) is 2. The zero-order valence-corrected chi connectivity index (χ0v) is 12.3. The quantitative estimate of drug-likeness (QED) is 0.801. The minimum absolute atomic E-state index is 0.180. The zero-order valence-electron chi connectivity index (χ0n) is 11.5. The number of halogens is 1. The van der Waals surface area contributed by atoms with E-state index in [1.165, 1.54) is 6.07 Å². The molecule has 0 radical (unpaired) electrons. The number of sulfonamides is 1. The number of nitrogens with one attached hydrogen (secondary N) is 1. The van der Waals surface area contributed by atoms with Crippen LogP contribution in [0.25, 0.3) is 0 Å². The maximum atomic E-state index is 13.6. The van der Waals surface area contributed by atoms with Gasteiger partial charge >= 0.3 is 0 Å². The minimum Gasteiger partial charge on any atom is -0.399 e. The minimum atomic E-state index is -3.86. The van der Waals surface area contributed by atoms with Crippen molar-refractivity contribution in [1.29, 1.82) is 0 Å². The molecule has 0 saturated carbocycles. The van der Waals surface area contributed by atoms with Crippen LogP contribution in [0.15, 0.2) is 23.1 Å². The number of likely N-dealkylation sites (N-methyl/N-ethyl adjacent to an activating group) is 1. The molecule has 1 heterocycles. The number of nitrogens with zero attached hydrogens (tertiary/aromatic N) is 1. The lowest BCUT2D eigenvalue weighted by molar-refractivity contribution is 0.268. The number of likely N-dealkylation sites (tertiary alicyclic amines) is 1. The first-order chi connectivity index (χ1) is 9.44. The topological polar surface area (TPSA) is 75.4 Å². The van der Waals surface area contributed by atoms with E-state index in [1.54, 1.807) is 0 Å². The van der Waals surface area contributed by atoms with Gasteiger partial charge in [0.05, 0.1) is 0 Å². The van der Waals surface area contributed by atoms with E-state index in [4.69, 9.17) is 5.73 Å². The summed E-state index contributed by atoms with van der Waals surface area (Å²) in [7, 11) is -3.86. The molecule has 20 heavy (non-hydrogen) atoms. The Hall–Kier alpha value is -1.18. The van der Waals surface area contributed by atoms with Crippen LogP contribution < -0.4 is 10.5 Å². The van der Waals surface area contributed by atoms with Crippen LogP contribution in [0.4, 0.5) is 10.1 Å². The number of benzene rings is 1. The van der Waals surface area contributed by atoms with E-state index in [0.717, 1.165) is 38.1 Å². The molecule has 1 unspecified atom stereocenters. The molecule has 1 aromatic rings. The van der Waals surface area contributed by atoms with Crippen molar-refractivity contribution in [3.8, 4) is 0 Å². The molecule has 5 nitrogen and oxygen atoms in total. The van der Waals surface area contributed by atoms with E-state index in [-0.39, 0.29) is 11.7 Å². The average Bonchev–Trinajstić information content (AvgIpc) is 2.86. The van der Waals surface area contributed by atoms with Gasteiger partial charge in [0.15, 0.2) is 0 Å². The molecule has 1 atom stereocenters. The zero-order chi connectivity index (χ0) is 14.8. The highest BCUT2D eigenvalue weighted by molar-refractivity contribution is 7.89. The summed E-state index contributed by atoms with van der Waals surface area (Å²) in [6.45, 7) is 4.21. The fourth-order valence-electron chi connectivity index (χ4n) is 2.55. The molecule has 112 valence electrons. The number of anilines is 1. The predicted molar refractivity (Wildman–Crippen MR) is 76.3 cm³/mol. The Balaban J connectivity index is 2.09. The third kappa shape index (κ3) is 3.28. The number of hydrogen-bond acceptors (Lipinski definition) is 4. The van der Waals surface area contributed by atoms with Crippen molar-refractivity contribution in [3.05, 3.63) is 24.0 Å². The summed E-state index contributed by atoms with van der Waals surface area (Å²) < 4.78 is 40.4. The van der Waals surface area contributed by atoms with Crippen molar-refractivity contribution >= 4 is 15.7 Å². The van der Waals surface area contributed by atoms with E-state index in [1.807, 2.05) is 6.92 Å². The van der Waals surface area contributed by atoms with Gasteiger partial charge in [0.25, 0.3) is 0 Å². The Kier molecular flexibility index (Phi) is 4.62. The second-order valence-electron chi connectivity index (χ2n) is 4.97. The van der Waals surface area contributed by atoms with Gasteiger partial charge in [-0.25, -0.2) is 17.5 Å². The van der Waals surface area contributed by atoms with Gasteiger partial charge in [-0.05, 0) is 44.1 Å². The highest BCUT2D eigenvalue weighted by Crippen LogP contribution is 2.19. The van der Waals surface area contributed by atoms with Gasteiger partial charge in [-0.1, -0.05) is 6.92 Å². The molecule has 0 amide bonds. The molecular formula is C13H20FN3O2S. The van der Waals surface area contributed by atoms with Crippen LogP contribution in [0.2, 0.25) is 0 Å². The Bertz CT molecular complexity index is 577. The second-order valence-corrected chi connectivity index (χ2v) is 6.70. The van der Waals surface area contributed by atoms with Crippen molar-refractivity contribution in [3.63, 3.8) is 0 Å². The highest BCUT2D eigenvalue weighted by atomic mass is 32.2. The Morgan fingerprint density at radius 3 is 2.95 bits per heavy atom. The number of nitrogens with two attached hydrogens (primary N) is 1. The van der Waals surface area contributed by atoms with Crippen molar-refractivity contribution < 1.29 is 12.8 Å². The summed E-state index contributed by atoms with van der Waals surface area (Å²) in [5, 5.41) is 0. The van der Waals surface area contributed by atoms with Crippen molar-refractivity contribution in [2.75, 3.05) is 25.4 Å². The Morgan fingerprint density at radius 1 is 1.50 bits per heavy atom. The van der Waals surface area contributed by atoms with Gasteiger partial charge in [-0.2, -0.15) is 0 Å². The standard InChI is InChI=1S/C13H20FN3O2S/c1-2-17-7-3-4-11(17)9-16-20(18,19)13-8-10(15)5-6-12(13)14/h5-6,8,11,16H,2-4,7,9,15H2,1H3. The monoisotopic (exact) mass is 301 g/mol. The summed E-state index contributed by atoms with van der Waals surface area (Å²) >= 11 is 0. The van der Waals surface area contributed by atoms with Crippen LogP contribution >= 0.6 is 0 Å². The van der Waals surface area contributed by atoms with Crippen LogP contribution in [-0.4, -0.2) is 39.0 Å². The van der Waals surface area contributed by atoms with Gasteiger partial charge < -0.3 is 5.73 Å². The van der Waals surface area contributed by atoms with E-state index in [0.29, 0.717) is 6.54 Å². The summed E-state index contributed by atoms with van der Waals surface area (Å²) in [6, 6.07) is 3.73. The van der Waals surface area contributed by atoms with E-state index < -0.39 is 20.7 Å². The largest absolute Gasteiger partial charge is 0.399 e. The summed E-state index contributed by atoms with van der Waals surface area (Å²) in [5.74, 6) is -0.787. The number of nitrogen functional groups attached to an aromatic ring is 1. The van der Waals surface area contributed by atoms with Crippen LogP contribution in [-0.2, 0) is 10.0 Å². The predicted octanol–water partition coefficient (Wildman–Crippen LogP) is 1.17. The van der Waals surface area contributed by atoms with Gasteiger partial charge in [-0.15, -0.1) is 0 Å². The lowest BCUT2D eigenvalue weighted by Crippen LogP contribution is -2.40. The van der Waals surface area contributed by atoms with Crippen LogP contribution in [0.3, 0.4) is 0 Å². The lowest BCUT2D eigenvalue weighted by atomic mass is 10.2. The summed E-state index contributed by atoms with van der Waals surface area (Å²) in [4.78, 5) is 1.83. The molecule has 2 rings (SSSR count). The van der Waals surface area contributed by atoms with E-state index >= 15 is 0 Å². The molecule has 7 heteroatoms. The molecule has 1 saturated heterocycles. The fraction of sp³-hybridized carbons (Fsp3) is 0.538. The molecule has 0 aromatic heterocycles. The molecule has 1 aliphatic heterocycles. The third-order valence-electron chi connectivity index (χ3n) is 3.66. The van der Waals surface area contributed by atoms with Gasteiger partial charge in [0, 0.05) is 18.3 Å². The summed E-state index contributed by atoms with van der Waals surface area (Å²) in [5.41, 5.74) is 5.74. The molecule has 1 fully saturated rings. The Morgan fingerprint density at radius 2 is 2.25 bits per heavy atom. The van der Waals surface area contributed by atoms with Crippen LogP contribution in [0.5, 0.6) is 0 Å². The first kappa shape index (κ1) is 15.2. The SMILES string of the molecule is CCN1CCCC1CNS(=O)(=O)c1cc(N)ccc1F. The van der Waals surface area contributed by atoms with Crippen molar-refractivity contribution in [2.24, 2.45) is 0 Å². The maximum Gasteiger partial charge on any atom is 0.243 e. The van der Waals surface area contributed by atoms with Crippen LogP contribution in [0.1, 0.15) is 19.8 Å². The third-order valence-corrected chi connectivity index (χ3v) is 5.10. The molecule has 0 bridgehead atoms. The molecule has 1 aromatic carbocycles. The second kappa shape index (κ2) is 6.07. The first-order valence-corrected chi connectivity index (χ1v) is 8.21. The number of rotatable bonds is 5. The first-order valence-electron chi connectivity index (χ1n) is 6.73. The normalized spacial score (nSPS) is 20.4. The molecular weight excluding hydrogens is 281 g/mol. The van der Waals surface area contributed by atoms with Crippen molar-refractivity contribution in [2.45, 2.75) is 30.7 Å².